The van der Waals surface area contributed by atoms with E-state index in [2.05, 4.69) is 22.2 Å². The Morgan fingerprint density at radius 3 is 2.41 bits per heavy atom. The Balaban J connectivity index is 1.55. The van der Waals surface area contributed by atoms with Gasteiger partial charge in [-0.2, -0.15) is 0 Å². The molecule has 4 heteroatoms. The first-order chi connectivity index (χ1) is 8.24. The highest BCUT2D eigenvalue weighted by atomic mass is 16.2. The second-order valence-corrected chi connectivity index (χ2v) is 5.85. The summed E-state index contributed by atoms with van der Waals surface area (Å²) in [4.78, 5) is 16.8. The fourth-order valence-electron chi connectivity index (χ4n) is 3.06. The van der Waals surface area contributed by atoms with Crippen LogP contribution in [0.4, 0.5) is 0 Å². The van der Waals surface area contributed by atoms with Crippen LogP contribution in [0.15, 0.2) is 0 Å². The largest absolute Gasteiger partial charge is 0.338 e. The van der Waals surface area contributed by atoms with E-state index in [4.69, 9.17) is 0 Å². The zero-order valence-electron chi connectivity index (χ0n) is 10.7. The molecule has 1 aliphatic carbocycles. The summed E-state index contributed by atoms with van der Waals surface area (Å²) < 4.78 is 0. The molecule has 3 aliphatic rings. The van der Waals surface area contributed by atoms with Crippen molar-refractivity contribution in [3.63, 3.8) is 0 Å². The van der Waals surface area contributed by atoms with E-state index in [0.717, 1.165) is 38.9 Å². The van der Waals surface area contributed by atoms with E-state index in [1.54, 1.807) is 0 Å². The molecular formula is C13H23N3O. The van der Waals surface area contributed by atoms with Gasteiger partial charge in [-0.25, -0.2) is 0 Å². The summed E-state index contributed by atoms with van der Waals surface area (Å²) in [5.74, 6) is 0.367. The fraction of sp³-hybridized carbons (Fsp3) is 0.923. The summed E-state index contributed by atoms with van der Waals surface area (Å²) in [6, 6.07) is 1.27. The Hall–Kier alpha value is -0.610. The van der Waals surface area contributed by atoms with Crippen molar-refractivity contribution in [1.82, 2.24) is 15.1 Å². The van der Waals surface area contributed by atoms with Gasteiger partial charge in [0.05, 0.1) is 6.04 Å². The first kappa shape index (κ1) is 11.5. The van der Waals surface area contributed by atoms with Crippen LogP contribution in [-0.2, 0) is 4.79 Å². The van der Waals surface area contributed by atoms with E-state index in [1.807, 2.05) is 0 Å². The lowest BCUT2D eigenvalue weighted by molar-refractivity contribution is -0.132. The standard InChI is InChI=1S/C13H23N3O/c1-15-7-4-11(5-8-15)16-9-6-12(13(16)17)14-10-2-3-10/h10-12,14H,2-9H2,1H3. The first-order valence-electron chi connectivity index (χ1n) is 6.99. The van der Waals surface area contributed by atoms with Crippen molar-refractivity contribution in [3.05, 3.63) is 0 Å². The molecule has 2 heterocycles. The van der Waals surface area contributed by atoms with Gasteiger partial charge >= 0.3 is 0 Å². The molecule has 1 unspecified atom stereocenters. The highest BCUT2D eigenvalue weighted by molar-refractivity contribution is 5.84. The molecule has 96 valence electrons. The van der Waals surface area contributed by atoms with E-state index < -0.39 is 0 Å². The van der Waals surface area contributed by atoms with Gasteiger partial charge in [-0.3, -0.25) is 4.79 Å². The van der Waals surface area contributed by atoms with Crippen LogP contribution in [0.3, 0.4) is 0 Å². The molecule has 0 bridgehead atoms. The van der Waals surface area contributed by atoms with E-state index in [9.17, 15) is 4.79 Å². The number of rotatable bonds is 3. The van der Waals surface area contributed by atoms with Crippen molar-refractivity contribution in [2.45, 2.75) is 50.2 Å². The van der Waals surface area contributed by atoms with Crippen LogP contribution in [0.5, 0.6) is 0 Å². The minimum Gasteiger partial charge on any atom is -0.338 e. The molecule has 0 aromatic rings. The van der Waals surface area contributed by atoms with Gasteiger partial charge in [-0.15, -0.1) is 0 Å². The maximum atomic E-state index is 12.3. The molecule has 2 aliphatic heterocycles. The smallest absolute Gasteiger partial charge is 0.240 e. The molecule has 1 atom stereocenters. The predicted octanol–water partition coefficient (Wildman–Crippen LogP) is 0.433. The summed E-state index contributed by atoms with van der Waals surface area (Å²) >= 11 is 0. The highest BCUT2D eigenvalue weighted by Crippen LogP contribution is 2.25. The molecule has 17 heavy (non-hydrogen) atoms. The molecule has 0 spiro atoms. The Bertz CT molecular complexity index is 295. The Morgan fingerprint density at radius 2 is 1.76 bits per heavy atom. The molecule has 3 rings (SSSR count). The third kappa shape index (κ3) is 2.47. The SMILES string of the molecule is CN1CCC(N2CCC(NC3CC3)C2=O)CC1. The minimum absolute atomic E-state index is 0.127. The van der Waals surface area contributed by atoms with Crippen molar-refractivity contribution in [2.75, 3.05) is 26.7 Å². The Kier molecular flexibility index (Phi) is 3.09. The van der Waals surface area contributed by atoms with Crippen LogP contribution >= 0.6 is 0 Å². The number of nitrogens with zero attached hydrogens (tertiary/aromatic N) is 2. The molecule has 4 nitrogen and oxygen atoms in total. The molecule has 1 amide bonds. The Morgan fingerprint density at radius 1 is 1.06 bits per heavy atom. The summed E-state index contributed by atoms with van der Waals surface area (Å²) in [5, 5.41) is 3.48. The number of carbonyl (C=O) groups excluding carboxylic acids is 1. The number of amides is 1. The maximum Gasteiger partial charge on any atom is 0.240 e. The zero-order chi connectivity index (χ0) is 11.8. The molecule has 0 radical (unpaired) electrons. The van der Waals surface area contributed by atoms with Crippen LogP contribution in [-0.4, -0.2) is 60.5 Å². The quantitative estimate of drug-likeness (QED) is 0.773. The van der Waals surface area contributed by atoms with Crippen molar-refractivity contribution >= 4 is 5.91 Å². The summed E-state index contributed by atoms with van der Waals surface area (Å²) in [6.07, 6.45) is 5.84. The van der Waals surface area contributed by atoms with Crippen LogP contribution in [0.1, 0.15) is 32.1 Å². The number of hydrogen-bond donors (Lipinski definition) is 1. The average Bonchev–Trinajstić information content (AvgIpc) is 3.07. The number of nitrogens with one attached hydrogen (secondary N) is 1. The zero-order valence-corrected chi connectivity index (χ0v) is 10.7. The summed E-state index contributed by atoms with van der Waals surface area (Å²) in [5.41, 5.74) is 0. The van der Waals surface area contributed by atoms with Crippen LogP contribution < -0.4 is 5.32 Å². The molecule has 3 fully saturated rings. The van der Waals surface area contributed by atoms with Crippen molar-refractivity contribution in [3.8, 4) is 0 Å². The third-order valence-electron chi connectivity index (χ3n) is 4.38. The lowest BCUT2D eigenvalue weighted by Gasteiger charge is -2.35. The molecule has 1 saturated carbocycles. The summed E-state index contributed by atoms with van der Waals surface area (Å²) in [6.45, 7) is 3.24. The molecule has 0 aromatic carbocycles. The predicted molar refractivity (Wildman–Crippen MR) is 66.8 cm³/mol. The van der Waals surface area contributed by atoms with E-state index in [1.165, 1.54) is 12.8 Å². The van der Waals surface area contributed by atoms with Gasteiger partial charge in [-0.05, 0) is 52.2 Å². The average molecular weight is 237 g/mol. The van der Waals surface area contributed by atoms with Crippen LogP contribution in [0.2, 0.25) is 0 Å². The van der Waals surface area contributed by atoms with Gasteiger partial charge in [0.1, 0.15) is 0 Å². The number of hydrogen-bond acceptors (Lipinski definition) is 3. The molecule has 1 N–H and O–H groups in total. The van der Waals surface area contributed by atoms with Crippen molar-refractivity contribution in [1.29, 1.82) is 0 Å². The van der Waals surface area contributed by atoms with Gasteiger partial charge in [-0.1, -0.05) is 0 Å². The Labute approximate surface area is 103 Å². The normalized spacial score (nSPS) is 32.4. The fourth-order valence-corrected chi connectivity index (χ4v) is 3.06. The van der Waals surface area contributed by atoms with E-state index >= 15 is 0 Å². The van der Waals surface area contributed by atoms with Crippen molar-refractivity contribution < 1.29 is 4.79 Å². The van der Waals surface area contributed by atoms with Gasteiger partial charge in [0.15, 0.2) is 0 Å². The molecule has 0 aromatic heterocycles. The third-order valence-corrected chi connectivity index (χ3v) is 4.38. The maximum absolute atomic E-state index is 12.3. The van der Waals surface area contributed by atoms with Crippen LogP contribution in [0, 0.1) is 0 Å². The van der Waals surface area contributed by atoms with Gasteiger partial charge in [0.25, 0.3) is 0 Å². The van der Waals surface area contributed by atoms with Crippen LogP contribution in [0.25, 0.3) is 0 Å². The second kappa shape index (κ2) is 4.58. The van der Waals surface area contributed by atoms with Gasteiger partial charge in [0.2, 0.25) is 5.91 Å². The number of likely N-dealkylation sites (tertiary alicyclic amines) is 2. The van der Waals surface area contributed by atoms with E-state index in [-0.39, 0.29) is 6.04 Å². The van der Waals surface area contributed by atoms with Gasteiger partial charge < -0.3 is 15.1 Å². The number of carbonyl (C=O) groups is 1. The minimum atomic E-state index is 0.127. The molecular weight excluding hydrogens is 214 g/mol. The summed E-state index contributed by atoms with van der Waals surface area (Å²) in [7, 11) is 2.17. The lowest BCUT2D eigenvalue weighted by atomic mass is 10.0. The highest BCUT2D eigenvalue weighted by Gasteiger charge is 2.38. The van der Waals surface area contributed by atoms with Gasteiger partial charge in [0, 0.05) is 18.6 Å². The monoisotopic (exact) mass is 237 g/mol. The second-order valence-electron chi connectivity index (χ2n) is 5.85. The topological polar surface area (TPSA) is 35.6 Å². The lowest BCUT2D eigenvalue weighted by Crippen LogP contribution is -2.47. The van der Waals surface area contributed by atoms with E-state index in [0.29, 0.717) is 18.0 Å². The molecule has 2 saturated heterocycles. The number of piperidine rings is 1. The first-order valence-corrected chi connectivity index (χ1v) is 6.99. The van der Waals surface area contributed by atoms with Crippen molar-refractivity contribution in [2.24, 2.45) is 0 Å².